The molecule has 0 spiro atoms. The van der Waals surface area contributed by atoms with Crippen LogP contribution in [-0.2, 0) is 22.3 Å². The lowest BCUT2D eigenvalue weighted by molar-refractivity contribution is -0.137. The number of nitrogens with zero attached hydrogens (tertiary/aromatic N) is 5. The lowest BCUT2D eigenvalue weighted by Crippen LogP contribution is -2.48. The van der Waals surface area contributed by atoms with Crippen molar-refractivity contribution in [1.29, 1.82) is 0 Å². The molecule has 3 aromatic carbocycles. The number of urea groups is 2. The Bertz CT molecular complexity index is 1960. The molecule has 0 saturated carbocycles. The first-order chi connectivity index (χ1) is 24.9. The van der Waals surface area contributed by atoms with Crippen LogP contribution in [0.2, 0.25) is 0 Å². The van der Waals surface area contributed by atoms with E-state index in [0.29, 0.717) is 44.1 Å². The van der Waals surface area contributed by atoms with Crippen molar-refractivity contribution >= 4 is 58.5 Å². The van der Waals surface area contributed by atoms with E-state index < -0.39 is 41.6 Å². The average Bonchev–Trinajstić information content (AvgIpc) is 3.69. The third kappa shape index (κ3) is 9.14. The maximum atomic E-state index is 13.3. The second-order valence-corrected chi connectivity index (χ2v) is 12.7. The van der Waals surface area contributed by atoms with E-state index in [1.807, 2.05) is 10.3 Å². The van der Waals surface area contributed by atoms with Crippen LogP contribution in [0.1, 0.15) is 11.3 Å². The molecule has 13 nitrogen and oxygen atoms in total. The number of thiazole rings is 1. The van der Waals surface area contributed by atoms with E-state index >= 15 is 0 Å². The molecule has 2 fully saturated rings. The number of hydrazone groups is 1. The molecule has 1 atom stereocenters. The topological polar surface area (TPSA) is 151 Å². The van der Waals surface area contributed by atoms with Gasteiger partial charge in [-0.05, 0) is 66.7 Å². The van der Waals surface area contributed by atoms with Crippen molar-refractivity contribution in [2.75, 3.05) is 48.3 Å². The van der Waals surface area contributed by atoms with Crippen LogP contribution in [0, 0.1) is 5.82 Å². The number of benzene rings is 3. The molecule has 1 aromatic heterocycles. The Labute approximate surface area is 298 Å². The Morgan fingerprint density at radius 1 is 0.942 bits per heavy atom. The summed E-state index contributed by atoms with van der Waals surface area (Å²) in [6.07, 6.45) is -3.37. The fourth-order valence-electron chi connectivity index (χ4n) is 5.53. The van der Waals surface area contributed by atoms with Gasteiger partial charge in [-0.15, -0.1) is 11.3 Å². The van der Waals surface area contributed by atoms with Crippen LogP contribution in [-0.4, -0.2) is 83.6 Å². The first-order valence-electron chi connectivity index (χ1n) is 15.9. The molecule has 6 rings (SSSR count). The molecule has 270 valence electrons. The Balaban J connectivity index is 0.927. The normalized spacial score (nSPS) is 17.0. The zero-order valence-corrected chi connectivity index (χ0v) is 28.0. The number of carbonyl (C=O) groups is 4. The van der Waals surface area contributed by atoms with Gasteiger partial charge in [-0.1, -0.05) is 6.07 Å². The van der Waals surface area contributed by atoms with Crippen molar-refractivity contribution in [3.8, 4) is 10.6 Å². The number of hydrogen-bond acceptors (Lipinski definition) is 9. The molecular weight excluding hydrogens is 706 g/mol. The maximum Gasteiger partial charge on any atom is 0.416 e. The molecule has 3 heterocycles. The molecule has 4 N–H and O–H groups in total. The molecular formula is C34H31F4N9O4S. The molecule has 0 bridgehead atoms. The number of nitrogens with one attached hydrogen (secondary N) is 4. The van der Waals surface area contributed by atoms with E-state index in [0.717, 1.165) is 39.5 Å². The second kappa shape index (κ2) is 15.7. The number of alkyl halides is 3. The summed E-state index contributed by atoms with van der Waals surface area (Å²) in [7, 11) is 0. The molecule has 1 unspecified atom stereocenters. The number of amides is 6. The minimum atomic E-state index is -4.52. The minimum Gasteiger partial charge on any atom is -0.308 e. The van der Waals surface area contributed by atoms with Crippen LogP contribution >= 0.6 is 11.3 Å². The van der Waals surface area contributed by atoms with Crippen molar-refractivity contribution in [2.24, 2.45) is 5.10 Å². The summed E-state index contributed by atoms with van der Waals surface area (Å²) in [4.78, 5) is 59.5. The van der Waals surface area contributed by atoms with Gasteiger partial charge in [-0.25, -0.2) is 24.4 Å². The number of anilines is 3. The second-order valence-electron chi connectivity index (χ2n) is 11.8. The zero-order chi connectivity index (χ0) is 36.8. The lowest BCUT2D eigenvalue weighted by atomic mass is 10.2. The summed E-state index contributed by atoms with van der Waals surface area (Å²) in [6, 6.07) is 13.9. The number of halogens is 4. The zero-order valence-electron chi connectivity index (χ0n) is 27.2. The fraction of sp³-hybridized carbons (Fsp3) is 0.235. The Morgan fingerprint density at radius 2 is 1.63 bits per heavy atom. The predicted octanol–water partition coefficient (Wildman–Crippen LogP) is 4.96. The van der Waals surface area contributed by atoms with Crippen LogP contribution in [0.5, 0.6) is 0 Å². The van der Waals surface area contributed by atoms with Gasteiger partial charge < -0.3 is 10.6 Å². The highest BCUT2D eigenvalue weighted by Gasteiger charge is 2.38. The third-order valence-electron chi connectivity index (χ3n) is 8.11. The first-order valence-corrected chi connectivity index (χ1v) is 16.8. The number of hydrogen-bond donors (Lipinski definition) is 4. The van der Waals surface area contributed by atoms with Crippen LogP contribution in [0.4, 0.5) is 44.2 Å². The van der Waals surface area contributed by atoms with Crippen molar-refractivity contribution in [1.82, 2.24) is 25.5 Å². The lowest BCUT2D eigenvalue weighted by Gasteiger charge is -2.33. The first kappa shape index (κ1) is 36.1. The van der Waals surface area contributed by atoms with Gasteiger partial charge in [0.1, 0.15) is 10.8 Å². The summed E-state index contributed by atoms with van der Waals surface area (Å²) in [5, 5.41) is 13.8. The number of piperazine rings is 1. The summed E-state index contributed by atoms with van der Waals surface area (Å²) in [5.74, 6) is -1.50. The largest absolute Gasteiger partial charge is 0.416 e. The van der Waals surface area contributed by atoms with Gasteiger partial charge in [0.15, 0.2) is 6.04 Å². The monoisotopic (exact) mass is 737 g/mol. The molecule has 4 aromatic rings. The number of carbonyl (C=O) groups excluding carboxylic acids is 4. The van der Waals surface area contributed by atoms with Gasteiger partial charge in [-0.3, -0.25) is 29.6 Å². The SMILES string of the molecule is O=C(CN1CCN(Cc2csc(-c3ccc(NC(=O)Nc4cccc(C(F)(F)F)c4)cc3)n2)CC1)N/N=C/C1C(=O)NC(=O)N1c1ccc(F)cc1. The van der Waals surface area contributed by atoms with Crippen LogP contribution in [0.3, 0.4) is 0 Å². The van der Waals surface area contributed by atoms with Crippen molar-refractivity contribution in [3.63, 3.8) is 0 Å². The van der Waals surface area contributed by atoms with E-state index in [2.05, 4.69) is 31.4 Å². The molecule has 18 heteroatoms. The van der Waals surface area contributed by atoms with Crippen molar-refractivity contribution in [2.45, 2.75) is 18.8 Å². The molecule has 2 saturated heterocycles. The highest BCUT2D eigenvalue weighted by atomic mass is 32.1. The van der Waals surface area contributed by atoms with Crippen molar-refractivity contribution < 1.29 is 36.7 Å². The molecule has 6 amide bonds. The third-order valence-corrected chi connectivity index (χ3v) is 9.05. The van der Waals surface area contributed by atoms with Crippen LogP contribution in [0.25, 0.3) is 10.6 Å². The molecule has 2 aliphatic rings. The van der Waals surface area contributed by atoms with Crippen LogP contribution in [0.15, 0.2) is 83.3 Å². The standard InChI is InChI=1S/C34H31F4N9O4S/c35-23-6-10-27(11-7-23)47-28(30(49)43-33(47)51)17-39-44-29(48)19-46-14-12-45(13-15-46)18-26-20-52-31(40-26)21-4-8-24(9-5-21)41-32(50)42-25-3-1-2-22(16-25)34(36,37)38/h1-11,16-17,20,28H,12-15,18-19H2,(H,44,48)(H2,41,42,50)(H,43,49,51)/b39-17+. The van der Waals surface area contributed by atoms with Crippen molar-refractivity contribution in [3.05, 3.63) is 95.3 Å². The minimum absolute atomic E-state index is 0.0157. The van der Waals surface area contributed by atoms with E-state index in [-0.39, 0.29) is 18.1 Å². The molecule has 0 radical (unpaired) electrons. The predicted molar refractivity (Wildman–Crippen MR) is 186 cm³/mol. The van der Waals surface area contributed by atoms with Gasteiger partial charge in [-0.2, -0.15) is 18.3 Å². The summed E-state index contributed by atoms with van der Waals surface area (Å²) in [5.41, 5.74) is 4.03. The van der Waals surface area contributed by atoms with Gasteiger partial charge in [0.05, 0.1) is 24.0 Å². The highest BCUT2D eigenvalue weighted by Crippen LogP contribution is 2.31. The quantitative estimate of drug-likeness (QED) is 0.0778. The smallest absolute Gasteiger partial charge is 0.308 e. The van der Waals surface area contributed by atoms with E-state index in [1.54, 1.807) is 24.3 Å². The summed E-state index contributed by atoms with van der Waals surface area (Å²) >= 11 is 1.47. The Morgan fingerprint density at radius 3 is 2.35 bits per heavy atom. The van der Waals surface area contributed by atoms with Crippen LogP contribution < -0.4 is 26.3 Å². The van der Waals surface area contributed by atoms with E-state index in [1.165, 1.54) is 47.7 Å². The molecule has 2 aliphatic heterocycles. The molecule has 52 heavy (non-hydrogen) atoms. The average molecular weight is 738 g/mol. The number of imide groups is 1. The van der Waals surface area contributed by atoms with Gasteiger partial charge in [0.2, 0.25) is 0 Å². The van der Waals surface area contributed by atoms with Gasteiger partial charge >= 0.3 is 18.2 Å². The summed E-state index contributed by atoms with van der Waals surface area (Å²) in [6.45, 7) is 3.35. The van der Waals surface area contributed by atoms with Gasteiger partial charge in [0, 0.05) is 60.7 Å². The van der Waals surface area contributed by atoms with E-state index in [4.69, 9.17) is 4.98 Å². The van der Waals surface area contributed by atoms with E-state index in [9.17, 15) is 36.7 Å². The summed E-state index contributed by atoms with van der Waals surface area (Å²) < 4.78 is 52.2. The Kier molecular flexibility index (Phi) is 10.9. The maximum absolute atomic E-state index is 13.3. The molecule has 0 aliphatic carbocycles. The fourth-order valence-corrected chi connectivity index (χ4v) is 6.34. The number of aromatic nitrogens is 1. The number of rotatable bonds is 10. The highest BCUT2D eigenvalue weighted by molar-refractivity contribution is 7.13. The van der Waals surface area contributed by atoms with Gasteiger partial charge in [0.25, 0.3) is 11.8 Å². The Hall–Kier alpha value is -5.72.